The van der Waals surface area contributed by atoms with Crippen molar-refractivity contribution in [3.8, 4) is 0 Å². The standard InChI is InChI=1S/C9H12N2O4S4/c10-9(16)7-1-2-8(17-7)19(14,15)11-3-5-18(12,13)6-4-11/h1-2H,3-6H2,(H2,10,16). The summed E-state index contributed by atoms with van der Waals surface area (Å²) in [5.41, 5.74) is 5.44. The molecule has 19 heavy (non-hydrogen) atoms. The SMILES string of the molecule is NC(=S)c1ccc(S(=O)(=O)N2CCS(=O)(=O)CC2)s1. The topological polar surface area (TPSA) is 97.5 Å². The molecule has 0 aliphatic carbocycles. The fourth-order valence-corrected chi connectivity index (χ4v) is 6.03. The van der Waals surface area contributed by atoms with Crippen LogP contribution in [0.25, 0.3) is 0 Å². The summed E-state index contributed by atoms with van der Waals surface area (Å²) in [6.07, 6.45) is 0. The highest BCUT2D eigenvalue weighted by Crippen LogP contribution is 2.25. The van der Waals surface area contributed by atoms with E-state index in [1.165, 1.54) is 10.4 Å². The zero-order chi connectivity index (χ0) is 14.3. The lowest BCUT2D eigenvalue weighted by Crippen LogP contribution is -2.43. The van der Waals surface area contributed by atoms with E-state index in [4.69, 9.17) is 18.0 Å². The van der Waals surface area contributed by atoms with E-state index in [0.717, 1.165) is 11.3 Å². The zero-order valence-electron chi connectivity index (χ0n) is 9.77. The summed E-state index contributed by atoms with van der Waals surface area (Å²) in [4.78, 5) is 0.672. The monoisotopic (exact) mass is 340 g/mol. The van der Waals surface area contributed by atoms with Crippen LogP contribution in [0.5, 0.6) is 0 Å². The van der Waals surface area contributed by atoms with Crippen molar-refractivity contribution in [3.63, 3.8) is 0 Å². The first-order valence-corrected chi connectivity index (χ1v) is 9.81. The van der Waals surface area contributed by atoms with Gasteiger partial charge in [-0.1, -0.05) is 12.2 Å². The number of rotatable bonds is 3. The maximum Gasteiger partial charge on any atom is 0.252 e. The van der Waals surface area contributed by atoms with Gasteiger partial charge in [0.1, 0.15) is 9.20 Å². The Balaban J connectivity index is 2.25. The molecule has 0 aromatic carbocycles. The van der Waals surface area contributed by atoms with Gasteiger partial charge in [-0.15, -0.1) is 11.3 Å². The Morgan fingerprint density at radius 2 is 1.89 bits per heavy atom. The van der Waals surface area contributed by atoms with Crippen LogP contribution in [0.15, 0.2) is 16.3 Å². The van der Waals surface area contributed by atoms with Crippen molar-refractivity contribution < 1.29 is 16.8 Å². The molecule has 1 saturated heterocycles. The minimum atomic E-state index is -3.65. The molecule has 0 unspecified atom stereocenters. The number of thiophene rings is 1. The van der Waals surface area contributed by atoms with Crippen LogP contribution in [-0.4, -0.2) is 50.7 Å². The lowest BCUT2D eigenvalue weighted by atomic mass is 10.5. The summed E-state index contributed by atoms with van der Waals surface area (Å²) in [6, 6.07) is 3.00. The van der Waals surface area contributed by atoms with E-state index in [1.807, 2.05) is 0 Å². The molecule has 2 N–H and O–H groups in total. The Kier molecular flexibility index (Phi) is 3.98. The Hall–Kier alpha value is -0.550. The summed E-state index contributed by atoms with van der Waals surface area (Å²) in [7, 11) is -6.76. The highest BCUT2D eigenvalue weighted by molar-refractivity contribution is 7.93. The van der Waals surface area contributed by atoms with Gasteiger partial charge in [0.2, 0.25) is 0 Å². The van der Waals surface area contributed by atoms with Crippen LogP contribution in [0.1, 0.15) is 4.88 Å². The number of nitrogens with zero attached hydrogens (tertiary/aromatic N) is 1. The Bertz CT molecular complexity index is 690. The average Bonchev–Trinajstić information content (AvgIpc) is 2.78. The molecule has 1 aromatic rings. The number of sulfone groups is 1. The highest BCUT2D eigenvalue weighted by Gasteiger charge is 2.32. The predicted molar refractivity (Wildman–Crippen MR) is 77.6 cm³/mol. The molecule has 6 nitrogen and oxygen atoms in total. The van der Waals surface area contributed by atoms with Gasteiger partial charge in [0, 0.05) is 13.1 Å². The van der Waals surface area contributed by atoms with Gasteiger partial charge in [0.15, 0.2) is 9.84 Å². The molecule has 0 amide bonds. The molecule has 1 fully saturated rings. The van der Waals surface area contributed by atoms with E-state index >= 15 is 0 Å². The molecular weight excluding hydrogens is 328 g/mol. The van der Waals surface area contributed by atoms with Crippen molar-refractivity contribution >= 4 is 48.4 Å². The highest BCUT2D eigenvalue weighted by atomic mass is 32.2. The average molecular weight is 340 g/mol. The van der Waals surface area contributed by atoms with Crippen molar-refractivity contribution in [1.29, 1.82) is 0 Å². The summed E-state index contributed by atoms with van der Waals surface area (Å²) < 4.78 is 48.5. The first-order valence-electron chi connectivity index (χ1n) is 5.32. The van der Waals surface area contributed by atoms with E-state index in [-0.39, 0.29) is 33.8 Å². The van der Waals surface area contributed by atoms with Gasteiger partial charge >= 0.3 is 0 Å². The van der Waals surface area contributed by atoms with E-state index in [1.54, 1.807) is 6.07 Å². The van der Waals surface area contributed by atoms with Gasteiger partial charge in [-0.05, 0) is 12.1 Å². The van der Waals surface area contributed by atoms with Gasteiger partial charge < -0.3 is 5.73 Å². The van der Waals surface area contributed by atoms with Gasteiger partial charge in [-0.25, -0.2) is 16.8 Å². The Morgan fingerprint density at radius 1 is 1.32 bits per heavy atom. The minimum absolute atomic E-state index is 0.00896. The third-order valence-electron chi connectivity index (χ3n) is 2.72. The summed E-state index contributed by atoms with van der Waals surface area (Å²) in [5, 5.41) is 0. The largest absolute Gasteiger partial charge is 0.389 e. The fourth-order valence-electron chi connectivity index (χ4n) is 1.65. The first kappa shape index (κ1) is 14.9. The third kappa shape index (κ3) is 3.14. The molecule has 0 atom stereocenters. The van der Waals surface area contributed by atoms with Crippen molar-refractivity contribution in [3.05, 3.63) is 17.0 Å². The fraction of sp³-hybridized carbons (Fsp3) is 0.444. The second-order valence-corrected chi connectivity index (χ2v) is 10.0. The molecule has 0 bridgehead atoms. The molecule has 1 aliphatic heterocycles. The van der Waals surface area contributed by atoms with Crippen LogP contribution in [0.2, 0.25) is 0 Å². The smallest absolute Gasteiger partial charge is 0.252 e. The summed E-state index contributed by atoms with van der Waals surface area (Å²) in [6.45, 7) is -0.0179. The molecule has 1 aliphatic rings. The first-order chi connectivity index (χ1) is 8.72. The van der Waals surface area contributed by atoms with Crippen molar-refractivity contribution in [2.45, 2.75) is 4.21 Å². The lowest BCUT2D eigenvalue weighted by molar-refractivity contribution is 0.432. The van der Waals surface area contributed by atoms with Gasteiger partial charge in [0.05, 0.1) is 16.4 Å². The molecule has 2 rings (SSSR count). The molecule has 0 saturated carbocycles. The molecular formula is C9H12N2O4S4. The molecule has 0 spiro atoms. The number of nitrogens with two attached hydrogens (primary N) is 1. The van der Waals surface area contributed by atoms with Gasteiger partial charge in [0.25, 0.3) is 10.0 Å². The van der Waals surface area contributed by atoms with E-state index in [9.17, 15) is 16.8 Å². The molecule has 0 radical (unpaired) electrons. The van der Waals surface area contributed by atoms with E-state index in [0.29, 0.717) is 4.88 Å². The third-order valence-corrected chi connectivity index (χ3v) is 8.16. The Morgan fingerprint density at radius 3 is 2.37 bits per heavy atom. The van der Waals surface area contributed by atoms with Crippen molar-refractivity contribution in [1.82, 2.24) is 4.31 Å². The summed E-state index contributed by atoms with van der Waals surface area (Å²) in [5.74, 6) is -0.278. The van der Waals surface area contributed by atoms with Gasteiger partial charge in [-0.3, -0.25) is 0 Å². The van der Waals surface area contributed by atoms with Crippen LogP contribution in [0, 0.1) is 0 Å². The maximum atomic E-state index is 12.3. The summed E-state index contributed by atoms with van der Waals surface area (Å²) >= 11 is 5.78. The molecule has 2 heterocycles. The maximum absolute atomic E-state index is 12.3. The second-order valence-electron chi connectivity index (χ2n) is 4.04. The number of hydrogen-bond donors (Lipinski definition) is 1. The van der Waals surface area contributed by atoms with E-state index in [2.05, 4.69) is 0 Å². The number of sulfonamides is 1. The molecule has 106 valence electrons. The van der Waals surface area contributed by atoms with Crippen LogP contribution < -0.4 is 5.73 Å². The van der Waals surface area contributed by atoms with Crippen molar-refractivity contribution in [2.75, 3.05) is 24.6 Å². The van der Waals surface area contributed by atoms with Crippen molar-refractivity contribution in [2.24, 2.45) is 5.73 Å². The zero-order valence-corrected chi connectivity index (χ0v) is 13.0. The van der Waals surface area contributed by atoms with Crippen LogP contribution in [-0.2, 0) is 19.9 Å². The number of hydrogen-bond acceptors (Lipinski definition) is 6. The predicted octanol–water partition coefficient (Wildman–Crippen LogP) is -0.199. The van der Waals surface area contributed by atoms with E-state index < -0.39 is 19.9 Å². The van der Waals surface area contributed by atoms with Crippen LogP contribution >= 0.6 is 23.6 Å². The quantitative estimate of drug-likeness (QED) is 0.766. The lowest BCUT2D eigenvalue weighted by Gasteiger charge is -2.25. The van der Waals surface area contributed by atoms with Crippen LogP contribution in [0.4, 0.5) is 0 Å². The Labute approximate surface area is 121 Å². The number of thiocarbonyl (C=S) groups is 1. The minimum Gasteiger partial charge on any atom is -0.389 e. The normalized spacial score (nSPS) is 20.2. The van der Waals surface area contributed by atoms with Gasteiger partial charge in [-0.2, -0.15) is 4.31 Å². The van der Waals surface area contributed by atoms with Crippen LogP contribution in [0.3, 0.4) is 0 Å². The molecule has 10 heteroatoms. The second kappa shape index (κ2) is 5.09. The molecule has 1 aromatic heterocycles.